The molecule has 0 radical (unpaired) electrons. The monoisotopic (exact) mass is 1010 g/mol. The molecular weight excluding hydrogens is 955 g/mol. The lowest BCUT2D eigenvalue weighted by atomic mass is 10.0. The molecule has 0 bridgehead atoms. The van der Waals surface area contributed by atoms with E-state index in [9.17, 15) is 73.3 Å². The summed E-state index contributed by atoms with van der Waals surface area (Å²) < 4.78 is 14.1. The number of aliphatic hydroxyl groups is 1. The summed E-state index contributed by atoms with van der Waals surface area (Å²) in [5.41, 5.74) is 0.864. The zero-order chi connectivity index (χ0) is 53.0. The maximum absolute atomic E-state index is 12.7. The van der Waals surface area contributed by atoms with Gasteiger partial charge in [0.05, 0.1) is 16.0 Å². The van der Waals surface area contributed by atoms with Gasteiger partial charge in [-0.05, 0) is 40.1 Å². The smallest absolute Gasteiger partial charge is 0.429 e. The second-order valence-electron chi connectivity index (χ2n) is 17.6. The standard InChI is InChI=1S/C20H24N4O8.C15H21N3O4.C11H10O7/c1-13(31-20(28)32-23-17(25)5-6-18(23)26)11-14-3-4-15(12-16(14)24(29)30)19(27)22-9-7-21(2)8-10-22;1-11(19)9-12-3-4-13(10-14(12)18(21)22)15(20)17-7-5-16(2)6-8-17;12-5-1-2-6(13)9(5)17-11(16)18-10-7(14)3-4-8(10)15/h3-4,12-13H,5-11H2,1-2H3;3-4,10-11,19H,5-9H2,1-2H3;9-10H,1-4H2. The van der Waals surface area contributed by atoms with Gasteiger partial charge in [-0.1, -0.05) is 17.2 Å². The summed E-state index contributed by atoms with van der Waals surface area (Å²) in [6.45, 7) is 8.45. The average Bonchev–Trinajstić information content (AvgIpc) is 3.95. The molecule has 2 unspecified atom stereocenters. The Balaban J connectivity index is 0.000000211. The van der Waals surface area contributed by atoms with E-state index < -0.39 is 81.5 Å². The Hall–Kier alpha value is -7.58. The fraction of sp³-hybridized carbons (Fsp3) is 0.522. The number of benzene rings is 2. The van der Waals surface area contributed by atoms with E-state index in [2.05, 4.69) is 24.1 Å². The summed E-state index contributed by atoms with van der Waals surface area (Å²) in [6.07, 6.45) is -6.86. The maximum Gasteiger partial charge on any atom is 0.534 e. The molecule has 2 aromatic carbocycles. The highest BCUT2D eigenvalue weighted by Crippen LogP contribution is 2.26. The number of nitro benzene ring substituents is 2. The Labute approximate surface area is 411 Å². The van der Waals surface area contributed by atoms with Crippen molar-refractivity contribution in [2.45, 2.75) is 89.6 Å². The summed E-state index contributed by atoms with van der Waals surface area (Å²) in [5, 5.41) is 32.5. The minimum Gasteiger partial charge on any atom is -0.429 e. The number of Topliss-reactive ketones (excluding diaryl/α,β-unsaturated/α-hetero) is 4. The molecule has 2 saturated carbocycles. The van der Waals surface area contributed by atoms with E-state index in [1.54, 1.807) is 28.9 Å². The highest BCUT2D eigenvalue weighted by atomic mass is 16.8. The number of nitro groups is 2. The van der Waals surface area contributed by atoms with Gasteiger partial charge in [-0.15, -0.1) is 0 Å². The number of imide groups is 1. The van der Waals surface area contributed by atoms with Crippen LogP contribution >= 0.6 is 0 Å². The zero-order valence-electron chi connectivity index (χ0n) is 40.0. The second-order valence-corrected chi connectivity index (χ2v) is 17.6. The number of piperazine rings is 2. The van der Waals surface area contributed by atoms with Gasteiger partial charge in [0, 0.05) is 138 Å². The third-order valence-electron chi connectivity index (χ3n) is 12.0. The van der Waals surface area contributed by atoms with Crippen LogP contribution in [0.5, 0.6) is 0 Å². The first-order valence-corrected chi connectivity index (χ1v) is 22.9. The predicted molar refractivity (Wildman–Crippen MR) is 244 cm³/mol. The molecule has 0 aromatic heterocycles. The quantitative estimate of drug-likeness (QED) is 0.104. The number of hydrogen-bond donors (Lipinski definition) is 1. The first-order valence-electron chi connectivity index (χ1n) is 22.9. The predicted octanol–water partition coefficient (Wildman–Crippen LogP) is 1.78. The van der Waals surface area contributed by atoms with Crippen molar-refractivity contribution in [2.75, 3.05) is 66.5 Å². The van der Waals surface area contributed by atoms with E-state index in [1.165, 1.54) is 31.2 Å². The van der Waals surface area contributed by atoms with Crippen molar-refractivity contribution in [3.8, 4) is 0 Å². The molecule has 2 aromatic rings. The summed E-state index contributed by atoms with van der Waals surface area (Å²) >= 11 is 0. The Kier molecular flexibility index (Phi) is 19.2. The summed E-state index contributed by atoms with van der Waals surface area (Å²) in [6, 6.07) is 8.68. The van der Waals surface area contributed by atoms with Gasteiger partial charge < -0.3 is 38.9 Å². The fourth-order valence-corrected chi connectivity index (χ4v) is 7.91. The molecule has 3 heterocycles. The summed E-state index contributed by atoms with van der Waals surface area (Å²) in [5.74, 6) is -3.74. The van der Waals surface area contributed by atoms with Crippen LogP contribution in [0.25, 0.3) is 0 Å². The average molecular weight is 1010 g/mol. The van der Waals surface area contributed by atoms with Gasteiger partial charge in [-0.3, -0.25) is 63.4 Å². The van der Waals surface area contributed by atoms with Crippen molar-refractivity contribution in [3.63, 3.8) is 0 Å². The number of nitrogens with zero attached hydrogens (tertiary/aromatic N) is 7. The molecular formula is C46H55N7O19. The van der Waals surface area contributed by atoms with Crippen LogP contribution < -0.4 is 0 Å². The van der Waals surface area contributed by atoms with E-state index in [0.717, 1.165) is 26.2 Å². The molecule has 4 amide bonds. The molecule has 0 spiro atoms. The molecule has 26 nitrogen and oxygen atoms in total. The third-order valence-corrected chi connectivity index (χ3v) is 12.0. The minimum absolute atomic E-state index is 0.0259. The van der Waals surface area contributed by atoms with Crippen LogP contribution in [0.3, 0.4) is 0 Å². The summed E-state index contributed by atoms with van der Waals surface area (Å²) in [4.78, 5) is 150. The Morgan fingerprint density at radius 2 is 0.972 bits per heavy atom. The van der Waals surface area contributed by atoms with Crippen molar-refractivity contribution < 1.29 is 81.9 Å². The van der Waals surface area contributed by atoms with E-state index in [0.29, 0.717) is 42.4 Å². The van der Waals surface area contributed by atoms with Gasteiger partial charge in [-0.2, -0.15) is 0 Å². The molecule has 2 aliphatic carbocycles. The van der Waals surface area contributed by atoms with Gasteiger partial charge in [-0.25, -0.2) is 9.59 Å². The van der Waals surface area contributed by atoms with Gasteiger partial charge >= 0.3 is 12.3 Å². The van der Waals surface area contributed by atoms with Crippen LogP contribution in [-0.4, -0.2) is 190 Å². The molecule has 5 fully saturated rings. The molecule has 7 rings (SSSR count). The van der Waals surface area contributed by atoms with Gasteiger partial charge in [0.25, 0.3) is 35.0 Å². The lowest BCUT2D eigenvalue weighted by Crippen LogP contribution is -2.47. The Bertz CT molecular complexity index is 2390. The first kappa shape index (κ1) is 55.3. The van der Waals surface area contributed by atoms with Crippen molar-refractivity contribution >= 4 is 70.4 Å². The van der Waals surface area contributed by atoms with Crippen LogP contribution in [0.2, 0.25) is 0 Å². The number of hydrogen-bond acceptors (Lipinski definition) is 21. The lowest BCUT2D eigenvalue weighted by molar-refractivity contribution is -0.385. The number of carbonyl (C=O) groups is 10. The number of carbonyl (C=O) groups excluding carboxylic acids is 10. The van der Waals surface area contributed by atoms with E-state index in [1.807, 2.05) is 14.1 Å². The van der Waals surface area contributed by atoms with Crippen molar-refractivity contribution in [2.24, 2.45) is 0 Å². The normalized spacial score (nSPS) is 18.7. The van der Waals surface area contributed by atoms with E-state index in [4.69, 9.17) is 4.74 Å². The molecule has 3 saturated heterocycles. The number of ketones is 4. The van der Waals surface area contributed by atoms with E-state index in [-0.39, 0.29) is 85.7 Å². The van der Waals surface area contributed by atoms with Gasteiger partial charge in [0.2, 0.25) is 12.2 Å². The molecule has 3 aliphatic heterocycles. The number of rotatable bonds is 12. The van der Waals surface area contributed by atoms with Crippen LogP contribution in [0.1, 0.15) is 84.2 Å². The molecule has 5 aliphatic rings. The Morgan fingerprint density at radius 3 is 1.33 bits per heavy atom. The molecule has 26 heteroatoms. The minimum atomic E-state index is -1.45. The highest BCUT2D eigenvalue weighted by Gasteiger charge is 2.41. The number of aliphatic hydroxyl groups excluding tert-OH is 1. The summed E-state index contributed by atoms with van der Waals surface area (Å²) in [7, 11) is 3.96. The molecule has 2 atom stereocenters. The fourth-order valence-electron chi connectivity index (χ4n) is 7.91. The number of amides is 4. The van der Waals surface area contributed by atoms with Crippen LogP contribution in [0.4, 0.5) is 21.0 Å². The van der Waals surface area contributed by atoms with Gasteiger partial charge in [0.15, 0.2) is 23.1 Å². The Morgan fingerprint density at radius 1 is 0.597 bits per heavy atom. The number of ether oxygens (including phenoxy) is 3. The van der Waals surface area contributed by atoms with Crippen molar-refractivity contribution in [3.05, 3.63) is 78.9 Å². The van der Waals surface area contributed by atoms with Crippen molar-refractivity contribution in [1.29, 1.82) is 0 Å². The third kappa shape index (κ3) is 15.0. The largest absolute Gasteiger partial charge is 0.534 e. The van der Waals surface area contributed by atoms with Gasteiger partial charge in [0.1, 0.15) is 6.10 Å². The second kappa shape index (κ2) is 25.0. The zero-order valence-corrected chi connectivity index (χ0v) is 40.0. The molecule has 72 heavy (non-hydrogen) atoms. The molecule has 1 N–H and O–H groups in total. The maximum atomic E-state index is 12.7. The van der Waals surface area contributed by atoms with E-state index >= 15 is 0 Å². The van der Waals surface area contributed by atoms with Crippen LogP contribution in [0.15, 0.2) is 36.4 Å². The first-order chi connectivity index (χ1) is 34.0. The topological polar surface area (TPSA) is 330 Å². The lowest BCUT2D eigenvalue weighted by Gasteiger charge is -2.32. The number of likely N-dealkylation sites (N-methyl/N-ethyl adjacent to an activating group) is 2. The number of hydroxylamine groups is 2. The highest BCUT2D eigenvalue weighted by molar-refractivity contribution is 6.13. The van der Waals surface area contributed by atoms with Crippen LogP contribution in [-0.2, 0) is 60.7 Å². The molecule has 388 valence electrons. The van der Waals surface area contributed by atoms with Crippen molar-refractivity contribution in [1.82, 2.24) is 24.7 Å². The van der Waals surface area contributed by atoms with Crippen LogP contribution in [0, 0.1) is 20.2 Å². The SMILES string of the molecule is CC(Cc1ccc(C(=O)N2CCN(C)CC2)cc1[N+](=O)[O-])OC(=O)ON1C(=O)CCC1=O.CC(O)Cc1ccc(C(=O)N2CCN(C)CC2)cc1[N+](=O)[O-].O=C(OC1C(=O)CCC1=O)OC1C(=O)CCC1=O.